The van der Waals surface area contributed by atoms with E-state index in [0.29, 0.717) is 13.0 Å². The van der Waals surface area contributed by atoms with Gasteiger partial charge in [0.2, 0.25) is 5.91 Å². The lowest BCUT2D eigenvalue weighted by Gasteiger charge is -2.16. The van der Waals surface area contributed by atoms with Gasteiger partial charge in [0.1, 0.15) is 5.82 Å². The van der Waals surface area contributed by atoms with E-state index < -0.39 is 0 Å². The topological polar surface area (TPSA) is 75.4 Å². The van der Waals surface area contributed by atoms with Crippen molar-refractivity contribution in [3.05, 3.63) is 47.8 Å². The number of benzene rings is 1. The summed E-state index contributed by atoms with van der Waals surface area (Å²) in [7, 11) is 0. The van der Waals surface area contributed by atoms with E-state index in [0.717, 1.165) is 41.5 Å². The molecule has 0 spiro atoms. The van der Waals surface area contributed by atoms with Gasteiger partial charge in [-0.05, 0) is 36.2 Å². The van der Waals surface area contributed by atoms with Gasteiger partial charge in [-0.15, -0.1) is 15.3 Å². The first kappa shape index (κ1) is 17.5. The Balaban J connectivity index is 1.47. The lowest BCUT2D eigenvalue weighted by molar-refractivity contribution is -0.117. The van der Waals surface area contributed by atoms with Crippen molar-refractivity contribution >= 4 is 23.1 Å². The van der Waals surface area contributed by atoms with Crippen LogP contribution in [0.5, 0.6) is 0 Å². The largest absolute Gasteiger partial charge is 0.365 e. The van der Waals surface area contributed by atoms with E-state index in [9.17, 15) is 4.79 Å². The number of nitrogens with zero attached hydrogens (tertiary/aromatic N) is 5. The average molecular weight is 364 g/mol. The molecule has 7 nitrogen and oxygen atoms in total. The molecule has 0 saturated carbocycles. The number of carbonyl (C=O) groups is 1. The molecular formula is C20H24N6O. The Labute approximate surface area is 158 Å². The van der Waals surface area contributed by atoms with Crippen LogP contribution in [0.25, 0.3) is 5.65 Å². The summed E-state index contributed by atoms with van der Waals surface area (Å²) in [6.45, 7) is 7.75. The number of aromatic nitrogens is 4. The molecule has 1 amide bonds. The van der Waals surface area contributed by atoms with Gasteiger partial charge in [0, 0.05) is 30.6 Å². The van der Waals surface area contributed by atoms with Gasteiger partial charge in [-0.1, -0.05) is 32.9 Å². The first-order valence-electron chi connectivity index (χ1n) is 9.28. The predicted octanol–water partition coefficient (Wildman–Crippen LogP) is 3.16. The number of nitrogens with one attached hydrogen (secondary N) is 1. The molecule has 0 aliphatic carbocycles. The first-order chi connectivity index (χ1) is 12.9. The van der Waals surface area contributed by atoms with E-state index in [-0.39, 0.29) is 11.3 Å². The number of carbonyl (C=O) groups excluding carboxylic acids is 1. The Hall–Kier alpha value is -2.96. The van der Waals surface area contributed by atoms with Crippen LogP contribution < -0.4 is 10.2 Å². The van der Waals surface area contributed by atoms with Crippen LogP contribution in [0.15, 0.2) is 36.4 Å². The Morgan fingerprint density at radius 3 is 2.52 bits per heavy atom. The van der Waals surface area contributed by atoms with E-state index in [1.807, 2.05) is 41.3 Å². The molecule has 3 heterocycles. The van der Waals surface area contributed by atoms with E-state index in [1.165, 1.54) is 0 Å². The van der Waals surface area contributed by atoms with Gasteiger partial charge in [-0.2, -0.15) is 4.52 Å². The zero-order chi connectivity index (χ0) is 19.0. The summed E-state index contributed by atoms with van der Waals surface area (Å²) in [6.07, 6.45) is 1.59. The highest BCUT2D eigenvalue weighted by atomic mass is 16.2. The zero-order valence-electron chi connectivity index (χ0n) is 15.9. The van der Waals surface area contributed by atoms with E-state index in [4.69, 9.17) is 0 Å². The van der Waals surface area contributed by atoms with Crippen LogP contribution in [0.4, 0.5) is 11.5 Å². The lowest BCUT2D eigenvalue weighted by atomic mass is 9.96. The second kappa shape index (κ2) is 6.64. The number of fused-ring (bicyclic) bond motifs is 1. The zero-order valence-corrected chi connectivity index (χ0v) is 15.9. The third-order valence-corrected chi connectivity index (χ3v) is 4.73. The highest BCUT2D eigenvalue weighted by molar-refractivity contribution is 5.95. The molecule has 27 heavy (non-hydrogen) atoms. The number of hydrogen-bond acceptors (Lipinski definition) is 5. The molecule has 3 aromatic rings. The Morgan fingerprint density at radius 1 is 1.07 bits per heavy atom. The van der Waals surface area contributed by atoms with Crippen molar-refractivity contribution in [2.75, 3.05) is 16.8 Å². The molecule has 4 rings (SSSR count). The van der Waals surface area contributed by atoms with Gasteiger partial charge >= 0.3 is 0 Å². The smallest absolute Gasteiger partial charge is 0.227 e. The van der Waals surface area contributed by atoms with Crippen LogP contribution in [-0.4, -0.2) is 32.3 Å². The van der Waals surface area contributed by atoms with Gasteiger partial charge in [0.15, 0.2) is 11.5 Å². The fourth-order valence-electron chi connectivity index (χ4n) is 3.26. The van der Waals surface area contributed by atoms with Crippen LogP contribution >= 0.6 is 0 Å². The predicted molar refractivity (Wildman–Crippen MR) is 105 cm³/mol. The highest BCUT2D eigenvalue weighted by Crippen LogP contribution is 2.23. The van der Waals surface area contributed by atoms with Crippen molar-refractivity contribution in [1.82, 2.24) is 19.8 Å². The van der Waals surface area contributed by atoms with Crippen LogP contribution in [0, 0.1) is 0 Å². The van der Waals surface area contributed by atoms with Crippen molar-refractivity contribution in [3.63, 3.8) is 0 Å². The van der Waals surface area contributed by atoms with Crippen LogP contribution in [-0.2, 0) is 16.8 Å². The minimum Gasteiger partial charge on any atom is -0.365 e. The fraction of sp³-hybridized carbons (Fsp3) is 0.400. The maximum atomic E-state index is 11.8. The Kier molecular flexibility index (Phi) is 4.30. The molecule has 1 aromatic carbocycles. The molecule has 0 radical (unpaired) electrons. The molecule has 1 fully saturated rings. The first-order valence-corrected chi connectivity index (χ1v) is 9.28. The Morgan fingerprint density at radius 2 is 1.85 bits per heavy atom. The molecule has 0 unspecified atom stereocenters. The van der Waals surface area contributed by atoms with Gasteiger partial charge in [0.05, 0.1) is 0 Å². The van der Waals surface area contributed by atoms with Gasteiger partial charge in [-0.25, -0.2) is 0 Å². The van der Waals surface area contributed by atoms with Crippen LogP contribution in [0.2, 0.25) is 0 Å². The summed E-state index contributed by atoms with van der Waals surface area (Å²) < 4.78 is 1.80. The summed E-state index contributed by atoms with van der Waals surface area (Å²) in [4.78, 5) is 13.7. The average Bonchev–Trinajstić information content (AvgIpc) is 3.26. The Bertz CT molecular complexity index is 970. The normalized spacial score (nSPS) is 14.9. The van der Waals surface area contributed by atoms with Crippen molar-refractivity contribution < 1.29 is 4.79 Å². The number of hydrogen-bond donors (Lipinski definition) is 1. The number of rotatable bonds is 4. The molecule has 1 N–H and O–H groups in total. The molecule has 1 aliphatic heterocycles. The molecule has 1 aliphatic rings. The van der Waals surface area contributed by atoms with Crippen LogP contribution in [0.1, 0.15) is 45.0 Å². The van der Waals surface area contributed by atoms with Crippen molar-refractivity contribution in [1.29, 1.82) is 0 Å². The minimum absolute atomic E-state index is 0.131. The van der Waals surface area contributed by atoms with Crippen molar-refractivity contribution in [3.8, 4) is 0 Å². The molecule has 1 saturated heterocycles. The standard InChI is InChI=1S/C20H24N6O/c1-20(2,3)19-23-22-17-11-10-16(24-26(17)19)21-13-14-6-8-15(9-7-14)25-12-4-5-18(25)27/h6-11H,4-5,12-13H2,1-3H3,(H,21,24). The lowest BCUT2D eigenvalue weighted by Crippen LogP contribution is -2.23. The van der Waals surface area contributed by atoms with Crippen molar-refractivity contribution in [2.24, 2.45) is 0 Å². The highest BCUT2D eigenvalue weighted by Gasteiger charge is 2.22. The SMILES string of the molecule is CC(C)(C)c1nnc2ccc(NCc3ccc(N4CCCC4=O)cc3)nn12. The van der Waals surface area contributed by atoms with E-state index in [2.05, 4.69) is 41.4 Å². The molecule has 0 atom stereocenters. The maximum Gasteiger partial charge on any atom is 0.227 e. The maximum absolute atomic E-state index is 11.8. The minimum atomic E-state index is -0.131. The monoisotopic (exact) mass is 364 g/mol. The van der Waals surface area contributed by atoms with Gasteiger partial charge < -0.3 is 10.2 Å². The fourth-order valence-corrected chi connectivity index (χ4v) is 3.26. The molecule has 2 aromatic heterocycles. The van der Waals surface area contributed by atoms with E-state index in [1.54, 1.807) is 4.52 Å². The summed E-state index contributed by atoms with van der Waals surface area (Å²) in [5, 5.41) is 16.4. The molecular weight excluding hydrogens is 340 g/mol. The van der Waals surface area contributed by atoms with Crippen molar-refractivity contribution in [2.45, 2.75) is 45.6 Å². The summed E-state index contributed by atoms with van der Waals surface area (Å²) in [5.41, 5.74) is 2.71. The second-order valence-corrected chi connectivity index (χ2v) is 7.93. The van der Waals surface area contributed by atoms with Gasteiger partial charge in [-0.3, -0.25) is 4.79 Å². The summed E-state index contributed by atoms with van der Waals surface area (Å²) in [6, 6.07) is 11.9. The third kappa shape index (κ3) is 3.49. The summed E-state index contributed by atoms with van der Waals surface area (Å²) >= 11 is 0. The van der Waals surface area contributed by atoms with Crippen LogP contribution in [0.3, 0.4) is 0 Å². The van der Waals surface area contributed by atoms with Gasteiger partial charge in [0.25, 0.3) is 0 Å². The molecule has 0 bridgehead atoms. The second-order valence-electron chi connectivity index (χ2n) is 7.93. The summed E-state index contributed by atoms with van der Waals surface area (Å²) in [5.74, 6) is 1.81. The third-order valence-electron chi connectivity index (χ3n) is 4.73. The van der Waals surface area contributed by atoms with E-state index >= 15 is 0 Å². The number of anilines is 2. The molecule has 7 heteroatoms. The molecule has 140 valence electrons. The number of amides is 1. The quantitative estimate of drug-likeness (QED) is 0.770.